The van der Waals surface area contributed by atoms with Crippen LogP contribution in [0.3, 0.4) is 0 Å². The number of nitrogens with zero attached hydrogens (tertiary/aromatic N) is 5. The molecule has 0 amide bonds. The molecule has 7 heteroatoms. The van der Waals surface area contributed by atoms with Gasteiger partial charge in [-0.3, -0.25) is 18.9 Å². The molecule has 0 radical (unpaired) electrons. The zero-order valence-corrected chi connectivity index (χ0v) is 16.8. The van der Waals surface area contributed by atoms with Crippen LogP contribution in [0.1, 0.15) is 48.1 Å². The second-order valence-electron chi connectivity index (χ2n) is 8.15. The smallest absolute Gasteiger partial charge is 0.261 e. The lowest BCUT2D eigenvalue weighted by molar-refractivity contribution is 0.218. The molecule has 1 unspecified atom stereocenters. The molecule has 1 atom stereocenters. The van der Waals surface area contributed by atoms with Gasteiger partial charge >= 0.3 is 0 Å². The summed E-state index contributed by atoms with van der Waals surface area (Å²) in [7, 11) is 2.04. The molecule has 1 aromatic carbocycles. The molecule has 3 aromatic rings. The van der Waals surface area contributed by atoms with Crippen LogP contribution >= 0.6 is 0 Å². The van der Waals surface area contributed by atoms with Gasteiger partial charge in [-0.2, -0.15) is 5.10 Å². The van der Waals surface area contributed by atoms with Crippen molar-refractivity contribution in [2.45, 2.75) is 51.2 Å². The van der Waals surface area contributed by atoms with Gasteiger partial charge < -0.3 is 5.11 Å². The van der Waals surface area contributed by atoms with Crippen molar-refractivity contribution in [3.05, 3.63) is 57.4 Å². The number of aryl methyl sites for hydroxylation is 2. The first kappa shape index (κ1) is 18.5. The number of benzene rings is 1. The van der Waals surface area contributed by atoms with E-state index in [-0.39, 0.29) is 24.8 Å². The summed E-state index contributed by atoms with van der Waals surface area (Å²) < 4.78 is 3.72. The molecule has 2 aromatic heterocycles. The monoisotopic (exact) mass is 393 g/mol. The average Bonchev–Trinajstić information content (AvgIpc) is 3.43. The van der Waals surface area contributed by atoms with Crippen LogP contribution in [0.5, 0.6) is 0 Å². The topological polar surface area (TPSA) is 76.2 Å². The molecular formula is C22H27N5O2. The lowest BCUT2D eigenvalue weighted by Crippen LogP contribution is -2.33. The standard InChI is InChI=1S/C22H27N5O2/c1-25-20(15-7-4-9-18(15)24-25)14-26-11-5-10-19(26)21-23-17-8-3-2-6-16(17)22(29)27(21)12-13-28/h2-3,6,8,19,28H,4-5,7,9-14H2,1H3. The van der Waals surface area contributed by atoms with E-state index in [0.29, 0.717) is 5.39 Å². The zero-order chi connectivity index (χ0) is 20.0. The fraction of sp³-hybridized carbons (Fsp3) is 0.500. The predicted molar refractivity (Wildman–Crippen MR) is 111 cm³/mol. The Bertz CT molecular complexity index is 1120. The summed E-state index contributed by atoms with van der Waals surface area (Å²) in [6, 6.07) is 7.56. The third-order valence-corrected chi connectivity index (χ3v) is 6.43. The molecule has 0 saturated carbocycles. The summed E-state index contributed by atoms with van der Waals surface area (Å²) >= 11 is 0. The number of hydrogen-bond acceptors (Lipinski definition) is 5. The Morgan fingerprint density at radius 1 is 1.21 bits per heavy atom. The van der Waals surface area contributed by atoms with Crippen LogP contribution in [0.4, 0.5) is 0 Å². The Morgan fingerprint density at radius 3 is 2.93 bits per heavy atom. The first-order valence-corrected chi connectivity index (χ1v) is 10.6. The zero-order valence-electron chi connectivity index (χ0n) is 16.8. The van der Waals surface area contributed by atoms with E-state index >= 15 is 0 Å². The van der Waals surface area contributed by atoms with E-state index in [2.05, 4.69) is 4.90 Å². The summed E-state index contributed by atoms with van der Waals surface area (Å²) in [5.74, 6) is 0.777. The fourth-order valence-electron chi connectivity index (χ4n) is 5.04. The maximum atomic E-state index is 13.1. The number of rotatable bonds is 5. The van der Waals surface area contributed by atoms with Crippen LogP contribution in [-0.2, 0) is 33.0 Å². The minimum Gasteiger partial charge on any atom is -0.395 e. The third kappa shape index (κ3) is 3.09. The Hall–Kier alpha value is -2.51. The van der Waals surface area contributed by atoms with Crippen molar-refractivity contribution in [1.82, 2.24) is 24.2 Å². The molecule has 7 nitrogen and oxygen atoms in total. The summed E-state index contributed by atoms with van der Waals surface area (Å²) in [5, 5.41) is 14.9. The lowest BCUT2D eigenvalue weighted by Gasteiger charge is -2.27. The molecule has 5 rings (SSSR count). The Labute approximate surface area is 169 Å². The van der Waals surface area contributed by atoms with Crippen LogP contribution in [0.15, 0.2) is 29.1 Å². The van der Waals surface area contributed by atoms with Gasteiger partial charge in [-0.15, -0.1) is 0 Å². The van der Waals surface area contributed by atoms with Crippen LogP contribution in [0.25, 0.3) is 10.9 Å². The third-order valence-electron chi connectivity index (χ3n) is 6.43. The van der Waals surface area contributed by atoms with E-state index < -0.39 is 0 Å². The first-order valence-electron chi connectivity index (χ1n) is 10.6. The second-order valence-corrected chi connectivity index (χ2v) is 8.15. The van der Waals surface area contributed by atoms with Crippen molar-refractivity contribution >= 4 is 10.9 Å². The molecule has 152 valence electrons. The minimum absolute atomic E-state index is 0.0621. The quantitative estimate of drug-likeness (QED) is 0.717. The number of aromatic nitrogens is 4. The van der Waals surface area contributed by atoms with E-state index in [1.165, 1.54) is 23.4 Å². The van der Waals surface area contributed by atoms with Gasteiger partial charge in [-0.25, -0.2) is 4.98 Å². The number of aliphatic hydroxyl groups excluding tert-OH is 1. The number of hydrogen-bond donors (Lipinski definition) is 1. The second kappa shape index (κ2) is 7.39. The van der Waals surface area contributed by atoms with E-state index in [1.807, 2.05) is 36.0 Å². The Balaban J connectivity index is 1.55. The summed E-state index contributed by atoms with van der Waals surface area (Å²) in [5.41, 5.74) is 4.63. The van der Waals surface area contributed by atoms with Crippen LogP contribution in [0, 0.1) is 0 Å². The van der Waals surface area contributed by atoms with Crippen molar-refractivity contribution in [3.8, 4) is 0 Å². The van der Waals surface area contributed by atoms with Crippen LogP contribution < -0.4 is 5.56 Å². The summed E-state index contributed by atoms with van der Waals surface area (Å²) in [6.07, 6.45) is 5.43. The molecule has 1 aliphatic heterocycles. The number of fused-ring (bicyclic) bond motifs is 2. The largest absolute Gasteiger partial charge is 0.395 e. The van der Waals surface area contributed by atoms with Gasteiger partial charge in [-0.1, -0.05) is 12.1 Å². The molecule has 29 heavy (non-hydrogen) atoms. The molecular weight excluding hydrogens is 366 g/mol. The van der Waals surface area contributed by atoms with E-state index in [0.717, 1.165) is 50.1 Å². The number of aliphatic hydroxyl groups is 1. The lowest BCUT2D eigenvalue weighted by atomic mass is 10.1. The molecule has 1 N–H and O–H groups in total. The predicted octanol–water partition coefficient (Wildman–Crippen LogP) is 1.95. The highest BCUT2D eigenvalue weighted by molar-refractivity contribution is 5.77. The van der Waals surface area contributed by atoms with E-state index in [4.69, 9.17) is 10.1 Å². The maximum Gasteiger partial charge on any atom is 0.261 e. The van der Waals surface area contributed by atoms with Crippen molar-refractivity contribution in [1.29, 1.82) is 0 Å². The molecule has 0 spiro atoms. The molecule has 0 bridgehead atoms. The Kier molecular flexibility index (Phi) is 4.72. The SMILES string of the molecule is Cn1nc2c(c1CN1CCCC1c1nc3ccccc3c(=O)n1CCO)CCC2. The van der Waals surface area contributed by atoms with E-state index in [9.17, 15) is 9.90 Å². The van der Waals surface area contributed by atoms with Gasteiger partial charge in [0.15, 0.2) is 0 Å². The minimum atomic E-state index is -0.0745. The van der Waals surface area contributed by atoms with Gasteiger partial charge in [-0.05, 0) is 56.3 Å². The molecule has 1 aliphatic carbocycles. The van der Waals surface area contributed by atoms with Gasteiger partial charge in [0.05, 0.1) is 41.5 Å². The van der Waals surface area contributed by atoms with Crippen molar-refractivity contribution < 1.29 is 5.11 Å². The van der Waals surface area contributed by atoms with Crippen molar-refractivity contribution in [2.75, 3.05) is 13.2 Å². The van der Waals surface area contributed by atoms with E-state index in [1.54, 1.807) is 4.57 Å². The summed E-state index contributed by atoms with van der Waals surface area (Å²) in [4.78, 5) is 20.4. The maximum absolute atomic E-state index is 13.1. The van der Waals surface area contributed by atoms with Gasteiger partial charge in [0, 0.05) is 13.6 Å². The molecule has 1 fully saturated rings. The van der Waals surface area contributed by atoms with Gasteiger partial charge in [0.2, 0.25) is 0 Å². The number of para-hydroxylation sites is 1. The highest BCUT2D eigenvalue weighted by Gasteiger charge is 2.32. The van der Waals surface area contributed by atoms with Gasteiger partial charge in [0.25, 0.3) is 5.56 Å². The molecule has 2 aliphatic rings. The average molecular weight is 393 g/mol. The highest BCUT2D eigenvalue weighted by Crippen LogP contribution is 2.34. The Morgan fingerprint density at radius 2 is 2.07 bits per heavy atom. The summed E-state index contributed by atoms with van der Waals surface area (Å²) in [6.45, 7) is 2.00. The normalized spacial score (nSPS) is 19.3. The van der Waals surface area contributed by atoms with Crippen molar-refractivity contribution in [2.24, 2.45) is 7.05 Å². The molecule has 3 heterocycles. The highest BCUT2D eigenvalue weighted by atomic mass is 16.3. The number of likely N-dealkylation sites (tertiary alicyclic amines) is 1. The van der Waals surface area contributed by atoms with Crippen LogP contribution in [0.2, 0.25) is 0 Å². The van der Waals surface area contributed by atoms with Crippen LogP contribution in [-0.4, -0.2) is 42.5 Å². The molecule has 1 saturated heterocycles. The first-order chi connectivity index (χ1) is 14.2. The van der Waals surface area contributed by atoms with Gasteiger partial charge in [0.1, 0.15) is 5.82 Å². The van der Waals surface area contributed by atoms with Crippen molar-refractivity contribution in [3.63, 3.8) is 0 Å². The fourth-order valence-corrected chi connectivity index (χ4v) is 5.04.